The summed E-state index contributed by atoms with van der Waals surface area (Å²) in [6.07, 6.45) is -2.71. The molecule has 1 aromatic carbocycles. The zero-order valence-electron chi connectivity index (χ0n) is 13.5. The number of hydrogen-bond donors (Lipinski definition) is 1. The SMILES string of the molecule is Cc1cc(C2=NOC(c3cccc(Cl)c3)(C(F)(F)F)C2)cnc1/C=N/O. The van der Waals surface area contributed by atoms with E-state index in [1.165, 1.54) is 30.5 Å². The minimum absolute atomic E-state index is 0.116. The van der Waals surface area contributed by atoms with Gasteiger partial charge in [-0.05, 0) is 30.7 Å². The molecule has 0 saturated carbocycles. The van der Waals surface area contributed by atoms with Gasteiger partial charge in [-0.2, -0.15) is 13.2 Å². The Hall–Kier alpha value is -2.61. The summed E-state index contributed by atoms with van der Waals surface area (Å²) < 4.78 is 41.6. The van der Waals surface area contributed by atoms with Crippen LogP contribution in [-0.2, 0) is 10.4 Å². The molecular formula is C17H13ClF3N3O2. The summed E-state index contributed by atoms with van der Waals surface area (Å²) in [5, 5.41) is 15.3. The van der Waals surface area contributed by atoms with Crippen molar-refractivity contribution in [3.8, 4) is 0 Å². The Morgan fingerprint density at radius 1 is 1.35 bits per heavy atom. The number of pyridine rings is 1. The van der Waals surface area contributed by atoms with E-state index >= 15 is 0 Å². The van der Waals surface area contributed by atoms with Crippen molar-refractivity contribution in [2.75, 3.05) is 0 Å². The lowest BCUT2D eigenvalue weighted by Gasteiger charge is -2.29. The molecule has 0 spiro atoms. The lowest BCUT2D eigenvalue weighted by Crippen LogP contribution is -2.42. The van der Waals surface area contributed by atoms with Gasteiger partial charge in [0.1, 0.15) is 0 Å². The molecule has 5 nitrogen and oxygen atoms in total. The topological polar surface area (TPSA) is 67.1 Å². The number of aryl methyl sites for hydroxylation is 1. The largest absolute Gasteiger partial charge is 0.435 e. The first kappa shape index (κ1) is 18.2. The summed E-state index contributed by atoms with van der Waals surface area (Å²) in [6.45, 7) is 1.69. The van der Waals surface area contributed by atoms with Gasteiger partial charge in [0, 0.05) is 22.3 Å². The molecule has 9 heteroatoms. The van der Waals surface area contributed by atoms with Gasteiger partial charge in [0.05, 0.1) is 24.0 Å². The van der Waals surface area contributed by atoms with Crippen LogP contribution in [0.5, 0.6) is 0 Å². The molecule has 1 aromatic heterocycles. The second-order valence-corrected chi connectivity index (χ2v) is 6.25. The van der Waals surface area contributed by atoms with E-state index in [0.717, 1.165) is 6.21 Å². The van der Waals surface area contributed by atoms with Crippen LogP contribution in [-0.4, -0.2) is 28.3 Å². The number of benzene rings is 1. The van der Waals surface area contributed by atoms with E-state index in [1.54, 1.807) is 13.0 Å². The predicted molar refractivity (Wildman–Crippen MR) is 89.8 cm³/mol. The fourth-order valence-corrected chi connectivity index (χ4v) is 2.92. The normalized spacial score (nSPS) is 20.3. The van der Waals surface area contributed by atoms with Crippen LogP contribution in [0.4, 0.5) is 13.2 Å². The Balaban J connectivity index is 1.98. The van der Waals surface area contributed by atoms with Gasteiger partial charge in [-0.15, -0.1) is 0 Å². The van der Waals surface area contributed by atoms with Crippen molar-refractivity contribution in [2.24, 2.45) is 10.3 Å². The molecular weight excluding hydrogens is 371 g/mol. The highest BCUT2D eigenvalue weighted by Gasteiger charge is 2.62. The van der Waals surface area contributed by atoms with E-state index in [4.69, 9.17) is 21.6 Å². The fourth-order valence-electron chi connectivity index (χ4n) is 2.73. The Labute approximate surface area is 151 Å². The lowest BCUT2D eigenvalue weighted by molar-refractivity contribution is -0.275. The maximum atomic E-state index is 13.9. The minimum Gasteiger partial charge on any atom is -0.411 e. The van der Waals surface area contributed by atoms with E-state index in [0.29, 0.717) is 16.8 Å². The third-order valence-electron chi connectivity index (χ3n) is 4.11. The van der Waals surface area contributed by atoms with Crippen molar-refractivity contribution in [1.82, 2.24) is 4.98 Å². The van der Waals surface area contributed by atoms with E-state index in [9.17, 15) is 13.2 Å². The third kappa shape index (κ3) is 3.12. The highest BCUT2D eigenvalue weighted by Crippen LogP contribution is 2.49. The lowest BCUT2D eigenvalue weighted by atomic mass is 9.86. The maximum Gasteiger partial charge on any atom is 0.435 e. The van der Waals surface area contributed by atoms with Crippen molar-refractivity contribution in [2.45, 2.75) is 25.1 Å². The summed E-state index contributed by atoms with van der Waals surface area (Å²) in [6, 6.07) is 7.05. The monoisotopic (exact) mass is 383 g/mol. The molecule has 3 rings (SSSR count). The van der Waals surface area contributed by atoms with Crippen molar-refractivity contribution in [1.29, 1.82) is 0 Å². The predicted octanol–water partition coefficient (Wildman–Crippen LogP) is 4.43. The molecule has 1 unspecified atom stereocenters. The molecule has 0 bridgehead atoms. The van der Waals surface area contributed by atoms with Crippen molar-refractivity contribution in [3.05, 3.63) is 63.9 Å². The molecule has 136 valence electrons. The van der Waals surface area contributed by atoms with Crippen LogP contribution < -0.4 is 0 Å². The highest BCUT2D eigenvalue weighted by atomic mass is 35.5. The average molecular weight is 384 g/mol. The van der Waals surface area contributed by atoms with Gasteiger partial charge in [-0.3, -0.25) is 4.98 Å². The minimum atomic E-state index is -4.70. The van der Waals surface area contributed by atoms with E-state index in [-0.39, 0.29) is 16.3 Å². The number of alkyl halides is 3. The number of aromatic nitrogens is 1. The van der Waals surface area contributed by atoms with Crippen molar-refractivity contribution < 1.29 is 23.2 Å². The zero-order valence-corrected chi connectivity index (χ0v) is 14.2. The molecule has 26 heavy (non-hydrogen) atoms. The van der Waals surface area contributed by atoms with Crippen LogP contribution >= 0.6 is 11.6 Å². The van der Waals surface area contributed by atoms with Crippen LogP contribution in [0.15, 0.2) is 46.8 Å². The first-order chi connectivity index (χ1) is 12.3. The van der Waals surface area contributed by atoms with Crippen LogP contribution in [0, 0.1) is 6.92 Å². The van der Waals surface area contributed by atoms with E-state index in [1.807, 2.05) is 0 Å². The van der Waals surface area contributed by atoms with Crippen molar-refractivity contribution >= 4 is 23.5 Å². The van der Waals surface area contributed by atoms with Gasteiger partial charge in [-0.1, -0.05) is 34.0 Å². The summed E-state index contributed by atoms with van der Waals surface area (Å²) in [4.78, 5) is 9.00. The molecule has 1 aliphatic rings. The van der Waals surface area contributed by atoms with E-state index in [2.05, 4.69) is 15.3 Å². The molecule has 0 fully saturated rings. The number of oxime groups is 2. The molecule has 1 atom stereocenters. The Bertz CT molecular complexity index is 899. The second-order valence-electron chi connectivity index (χ2n) is 5.81. The molecule has 1 aliphatic heterocycles. The average Bonchev–Trinajstić information content (AvgIpc) is 3.03. The van der Waals surface area contributed by atoms with Gasteiger partial charge in [0.2, 0.25) is 0 Å². The summed E-state index contributed by atoms with van der Waals surface area (Å²) in [5.41, 5.74) is -1.20. The smallest absolute Gasteiger partial charge is 0.411 e. The first-order valence-electron chi connectivity index (χ1n) is 7.49. The zero-order chi connectivity index (χ0) is 18.9. The summed E-state index contributed by atoms with van der Waals surface area (Å²) in [7, 11) is 0. The van der Waals surface area contributed by atoms with Gasteiger partial charge in [-0.25, -0.2) is 0 Å². The number of rotatable bonds is 3. The van der Waals surface area contributed by atoms with Crippen molar-refractivity contribution in [3.63, 3.8) is 0 Å². The van der Waals surface area contributed by atoms with Crippen LogP contribution in [0.1, 0.15) is 28.8 Å². The van der Waals surface area contributed by atoms with Gasteiger partial charge in [0.25, 0.3) is 5.60 Å². The number of hydrogen-bond acceptors (Lipinski definition) is 5. The highest BCUT2D eigenvalue weighted by molar-refractivity contribution is 6.30. The molecule has 0 radical (unpaired) electrons. The van der Waals surface area contributed by atoms with Crippen LogP contribution in [0.3, 0.4) is 0 Å². The maximum absolute atomic E-state index is 13.9. The standard InChI is InChI=1S/C17H13ClF3N3O2/c1-10-5-11(8-22-15(10)9-23-25)14-7-16(26-24-14,17(19,20)21)12-3-2-4-13(18)6-12/h2-6,8-9,25H,7H2,1H3/b23-9+. The Kier molecular flexibility index (Phi) is 4.62. The number of nitrogens with zero attached hydrogens (tertiary/aromatic N) is 3. The van der Waals surface area contributed by atoms with Gasteiger partial charge < -0.3 is 10.0 Å². The molecule has 0 saturated heterocycles. The summed E-state index contributed by atoms with van der Waals surface area (Å²) >= 11 is 5.85. The summed E-state index contributed by atoms with van der Waals surface area (Å²) in [5.74, 6) is 0. The quantitative estimate of drug-likeness (QED) is 0.484. The third-order valence-corrected chi connectivity index (χ3v) is 4.34. The Morgan fingerprint density at radius 2 is 2.12 bits per heavy atom. The van der Waals surface area contributed by atoms with Gasteiger partial charge >= 0.3 is 6.18 Å². The molecule has 0 amide bonds. The molecule has 2 heterocycles. The van der Waals surface area contributed by atoms with E-state index < -0.39 is 18.2 Å². The second kappa shape index (κ2) is 6.60. The molecule has 0 aliphatic carbocycles. The van der Waals surface area contributed by atoms with Crippen LogP contribution in [0.2, 0.25) is 5.02 Å². The number of halogens is 4. The first-order valence-corrected chi connectivity index (χ1v) is 7.87. The molecule has 2 aromatic rings. The fraction of sp³-hybridized carbons (Fsp3) is 0.235. The molecule has 1 N–H and O–H groups in total. The Morgan fingerprint density at radius 3 is 2.73 bits per heavy atom. The van der Waals surface area contributed by atoms with Crippen LogP contribution in [0.25, 0.3) is 0 Å². The van der Waals surface area contributed by atoms with Gasteiger partial charge in [0.15, 0.2) is 0 Å².